The van der Waals surface area contributed by atoms with E-state index in [0.717, 1.165) is 23.4 Å². The lowest BCUT2D eigenvalue weighted by molar-refractivity contribution is -0.121. The molecular formula is C18H25N5O. The van der Waals surface area contributed by atoms with Crippen LogP contribution in [-0.4, -0.2) is 21.9 Å². The van der Waals surface area contributed by atoms with Gasteiger partial charge in [0.05, 0.1) is 18.3 Å². The van der Waals surface area contributed by atoms with Crippen molar-refractivity contribution in [3.63, 3.8) is 0 Å². The molecule has 2 heterocycles. The first-order chi connectivity index (χ1) is 11.5. The monoisotopic (exact) mass is 327 g/mol. The molecule has 1 aliphatic rings. The Kier molecular flexibility index (Phi) is 4.69. The van der Waals surface area contributed by atoms with Crippen molar-refractivity contribution in [3.05, 3.63) is 52.3 Å². The Labute approximate surface area is 142 Å². The van der Waals surface area contributed by atoms with Crippen LogP contribution >= 0.6 is 0 Å². The van der Waals surface area contributed by atoms with E-state index < -0.39 is 0 Å². The van der Waals surface area contributed by atoms with Gasteiger partial charge in [0.2, 0.25) is 5.91 Å². The summed E-state index contributed by atoms with van der Waals surface area (Å²) < 4.78 is 1.82. The SMILES string of the molecule is Cc1ccccc1C1CC(NC(=O)Cc2c(C)nn(C)c2C)NN1. The highest BCUT2D eigenvalue weighted by Gasteiger charge is 2.27. The molecule has 1 aromatic carbocycles. The summed E-state index contributed by atoms with van der Waals surface area (Å²) in [7, 11) is 1.90. The van der Waals surface area contributed by atoms with Gasteiger partial charge in [0.1, 0.15) is 0 Å². The molecule has 2 unspecified atom stereocenters. The van der Waals surface area contributed by atoms with Gasteiger partial charge in [-0.3, -0.25) is 9.48 Å². The van der Waals surface area contributed by atoms with Gasteiger partial charge < -0.3 is 5.32 Å². The molecule has 1 aromatic heterocycles. The van der Waals surface area contributed by atoms with Crippen molar-refractivity contribution in [1.29, 1.82) is 0 Å². The van der Waals surface area contributed by atoms with Crippen LogP contribution in [0.2, 0.25) is 0 Å². The average Bonchev–Trinajstić information content (AvgIpc) is 3.08. The second kappa shape index (κ2) is 6.75. The summed E-state index contributed by atoms with van der Waals surface area (Å²) in [5, 5.41) is 7.43. The Hall–Kier alpha value is -2.18. The third-order valence-electron chi connectivity index (χ3n) is 4.80. The van der Waals surface area contributed by atoms with Gasteiger partial charge in [0, 0.05) is 30.8 Å². The van der Waals surface area contributed by atoms with Gasteiger partial charge in [-0.05, 0) is 31.9 Å². The van der Waals surface area contributed by atoms with Crippen LogP contribution in [0.3, 0.4) is 0 Å². The van der Waals surface area contributed by atoms with Gasteiger partial charge in [-0.25, -0.2) is 10.9 Å². The van der Waals surface area contributed by atoms with E-state index in [0.29, 0.717) is 6.42 Å². The number of carbonyl (C=O) groups is 1. The molecule has 2 aromatic rings. The van der Waals surface area contributed by atoms with Gasteiger partial charge in [0.15, 0.2) is 0 Å². The fourth-order valence-electron chi connectivity index (χ4n) is 3.31. The molecule has 1 fully saturated rings. The predicted molar refractivity (Wildman–Crippen MR) is 93.1 cm³/mol. The second-order valence-corrected chi connectivity index (χ2v) is 6.50. The van der Waals surface area contributed by atoms with E-state index in [4.69, 9.17) is 0 Å². The topological polar surface area (TPSA) is 71.0 Å². The first kappa shape index (κ1) is 16.7. The zero-order valence-corrected chi connectivity index (χ0v) is 14.7. The van der Waals surface area contributed by atoms with Crippen molar-refractivity contribution in [2.24, 2.45) is 7.05 Å². The highest BCUT2D eigenvalue weighted by atomic mass is 16.1. The van der Waals surface area contributed by atoms with Crippen LogP contribution < -0.4 is 16.2 Å². The molecule has 128 valence electrons. The number of rotatable bonds is 4. The summed E-state index contributed by atoms with van der Waals surface area (Å²) in [6.07, 6.45) is 1.11. The maximum atomic E-state index is 12.4. The van der Waals surface area contributed by atoms with Crippen LogP contribution in [0.25, 0.3) is 0 Å². The van der Waals surface area contributed by atoms with Gasteiger partial charge in [-0.2, -0.15) is 5.10 Å². The molecule has 6 heteroatoms. The summed E-state index contributed by atoms with van der Waals surface area (Å²) in [6.45, 7) is 6.04. The number of hydrogen-bond donors (Lipinski definition) is 3. The molecule has 1 amide bonds. The average molecular weight is 327 g/mol. The van der Waals surface area contributed by atoms with E-state index in [1.165, 1.54) is 11.1 Å². The van der Waals surface area contributed by atoms with Crippen LogP contribution in [0.4, 0.5) is 0 Å². The predicted octanol–water partition coefficient (Wildman–Crippen LogP) is 1.57. The van der Waals surface area contributed by atoms with E-state index in [1.807, 2.05) is 37.7 Å². The third-order valence-corrected chi connectivity index (χ3v) is 4.80. The zero-order valence-electron chi connectivity index (χ0n) is 14.7. The van der Waals surface area contributed by atoms with Crippen LogP contribution in [0.5, 0.6) is 0 Å². The minimum absolute atomic E-state index is 0.0129. The van der Waals surface area contributed by atoms with Crippen molar-refractivity contribution < 1.29 is 4.79 Å². The van der Waals surface area contributed by atoms with E-state index >= 15 is 0 Å². The van der Waals surface area contributed by atoms with Crippen LogP contribution in [0, 0.1) is 20.8 Å². The summed E-state index contributed by atoms with van der Waals surface area (Å²) in [4.78, 5) is 12.4. The molecule has 3 rings (SSSR count). The van der Waals surface area contributed by atoms with E-state index in [2.05, 4.69) is 40.3 Å². The summed E-state index contributed by atoms with van der Waals surface area (Å²) in [6, 6.07) is 8.53. The van der Waals surface area contributed by atoms with E-state index in [-0.39, 0.29) is 18.1 Å². The van der Waals surface area contributed by atoms with E-state index in [1.54, 1.807) is 0 Å². The molecule has 1 saturated heterocycles. The van der Waals surface area contributed by atoms with Crippen molar-refractivity contribution in [2.45, 2.75) is 45.8 Å². The molecule has 6 nitrogen and oxygen atoms in total. The molecule has 0 aliphatic carbocycles. The smallest absolute Gasteiger partial charge is 0.225 e. The van der Waals surface area contributed by atoms with Crippen molar-refractivity contribution in [2.75, 3.05) is 0 Å². The summed E-state index contributed by atoms with van der Waals surface area (Å²) in [5.74, 6) is 0.0129. The number of hydrogen-bond acceptors (Lipinski definition) is 4. The standard InChI is InChI=1S/C18H25N5O/c1-11-7-5-6-8-14(11)16-10-17(21-20-16)19-18(24)9-15-12(2)22-23(4)13(15)3/h5-8,16-17,20-21H,9-10H2,1-4H3,(H,19,24). The quantitative estimate of drug-likeness (QED) is 0.797. The third kappa shape index (κ3) is 3.34. The van der Waals surface area contributed by atoms with Crippen molar-refractivity contribution in [1.82, 2.24) is 25.9 Å². The number of aryl methyl sites for hydroxylation is 3. The largest absolute Gasteiger partial charge is 0.339 e. The fraction of sp³-hybridized carbons (Fsp3) is 0.444. The number of nitrogens with one attached hydrogen (secondary N) is 3. The number of hydrazine groups is 1. The number of nitrogens with zero attached hydrogens (tertiary/aromatic N) is 2. The molecule has 24 heavy (non-hydrogen) atoms. The molecule has 2 atom stereocenters. The minimum atomic E-state index is -0.0700. The lowest BCUT2D eigenvalue weighted by Crippen LogP contribution is -2.44. The highest BCUT2D eigenvalue weighted by Crippen LogP contribution is 2.24. The van der Waals surface area contributed by atoms with Gasteiger partial charge in [0.25, 0.3) is 0 Å². The van der Waals surface area contributed by atoms with Crippen molar-refractivity contribution in [3.8, 4) is 0 Å². The molecule has 0 saturated carbocycles. The molecule has 3 N–H and O–H groups in total. The number of benzene rings is 1. The number of aromatic nitrogens is 2. The second-order valence-electron chi connectivity index (χ2n) is 6.50. The molecule has 0 spiro atoms. The molecule has 1 aliphatic heterocycles. The first-order valence-corrected chi connectivity index (χ1v) is 8.30. The van der Waals surface area contributed by atoms with Gasteiger partial charge in [-0.1, -0.05) is 24.3 Å². The molecule has 0 bridgehead atoms. The Balaban J connectivity index is 1.59. The molecule has 0 radical (unpaired) electrons. The maximum Gasteiger partial charge on any atom is 0.225 e. The van der Waals surface area contributed by atoms with Crippen LogP contribution in [-0.2, 0) is 18.3 Å². The normalized spacial score (nSPS) is 20.3. The number of amides is 1. The lowest BCUT2D eigenvalue weighted by Gasteiger charge is -2.13. The summed E-state index contributed by atoms with van der Waals surface area (Å²) >= 11 is 0. The minimum Gasteiger partial charge on any atom is -0.339 e. The Bertz CT molecular complexity index is 752. The number of carbonyl (C=O) groups excluding carboxylic acids is 1. The highest BCUT2D eigenvalue weighted by molar-refractivity contribution is 5.79. The lowest BCUT2D eigenvalue weighted by atomic mass is 9.99. The van der Waals surface area contributed by atoms with Crippen LogP contribution in [0.1, 0.15) is 40.5 Å². The van der Waals surface area contributed by atoms with Gasteiger partial charge >= 0.3 is 0 Å². The van der Waals surface area contributed by atoms with Crippen LogP contribution in [0.15, 0.2) is 24.3 Å². The van der Waals surface area contributed by atoms with E-state index in [9.17, 15) is 4.79 Å². The first-order valence-electron chi connectivity index (χ1n) is 8.30. The molecular weight excluding hydrogens is 302 g/mol. The zero-order chi connectivity index (χ0) is 17.3. The maximum absolute atomic E-state index is 12.4. The van der Waals surface area contributed by atoms with Crippen molar-refractivity contribution >= 4 is 5.91 Å². The Morgan fingerprint density at radius 2 is 2.04 bits per heavy atom. The fourth-order valence-corrected chi connectivity index (χ4v) is 3.31. The summed E-state index contributed by atoms with van der Waals surface area (Å²) in [5.41, 5.74) is 11.9. The Morgan fingerprint density at radius 3 is 2.71 bits per heavy atom. The van der Waals surface area contributed by atoms with Gasteiger partial charge in [-0.15, -0.1) is 0 Å². The Morgan fingerprint density at radius 1 is 1.29 bits per heavy atom.